The fourth-order valence-electron chi connectivity index (χ4n) is 9.12. The predicted molar refractivity (Wildman–Crippen MR) is 149 cm³/mol. The standard InChI is InChI=1S/C31H36FN3O4S/c1-29-14-19-16-34-35(25-5-3-4-12-33-25)23(19)13-20(29)8-9-21-22-10-11-31(28(38)40-17-32,39-27(37)18-6-7-18)30(22,2)15-24(36)26(21)29/h3-5,12-13,16,18,21-22,24,26,36H,6-11,14-15,17H2,1-2H3/t21?,22-,24-,26+,29?,30?,31?/m0/s1. The highest BCUT2D eigenvalue weighted by atomic mass is 32.2. The number of nitrogens with zero attached hydrogens (tertiary/aromatic N) is 3. The molecule has 0 aliphatic heterocycles. The lowest BCUT2D eigenvalue weighted by molar-refractivity contribution is -0.197. The van der Waals surface area contributed by atoms with Gasteiger partial charge in [0.15, 0.2) is 11.4 Å². The Hall–Kier alpha value is -2.52. The van der Waals surface area contributed by atoms with Crippen molar-refractivity contribution in [2.45, 2.75) is 76.9 Å². The maximum absolute atomic E-state index is 13.6. The number of aliphatic hydroxyl groups excluding tert-OH is 1. The van der Waals surface area contributed by atoms with Crippen molar-refractivity contribution in [3.63, 3.8) is 0 Å². The minimum Gasteiger partial charge on any atom is -0.449 e. The summed E-state index contributed by atoms with van der Waals surface area (Å²) in [5.74, 6) is 0.576. The van der Waals surface area contributed by atoms with Crippen LogP contribution in [0, 0.1) is 34.5 Å². The lowest BCUT2D eigenvalue weighted by Gasteiger charge is -2.60. The molecule has 4 fully saturated rings. The molecule has 0 amide bonds. The molecule has 40 heavy (non-hydrogen) atoms. The first-order valence-corrected chi connectivity index (χ1v) is 15.5. The van der Waals surface area contributed by atoms with E-state index in [1.54, 1.807) is 6.20 Å². The highest BCUT2D eigenvalue weighted by Gasteiger charge is 2.71. The van der Waals surface area contributed by atoms with Gasteiger partial charge in [0, 0.05) is 11.6 Å². The quantitative estimate of drug-likeness (QED) is 0.492. The largest absolute Gasteiger partial charge is 0.449 e. The smallest absolute Gasteiger partial charge is 0.309 e. The van der Waals surface area contributed by atoms with Crippen molar-refractivity contribution in [3.8, 4) is 5.82 Å². The molecule has 1 N–H and O–H groups in total. The fourth-order valence-corrected chi connectivity index (χ4v) is 9.83. The summed E-state index contributed by atoms with van der Waals surface area (Å²) in [4.78, 5) is 31.0. The lowest BCUT2D eigenvalue weighted by Crippen LogP contribution is -2.62. The van der Waals surface area contributed by atoms with E-state index < -0.39 is 28.2 Å². The van der Waals surface area contributed by atoms with E-state index in [9.17, 15) is 19.1 Å². The number of thioether (sulfide) groups is 1. The van der Waals surface area contributed by atoms with Crippen LogP contribution in [0.25, 0.3) is 11.9 Å². The van der Waals surface area contributed by atoms with E-state index in [0.29, 0.717) is 24.6 Å². The number of carbonyl (C=O) groups is 2. The Bertz CT molecular complexity index is 1390. The van der Waals surface area contributed by atoms with Crippen molar-refractivity contribution >= 4 is 28.9 Å². The number of carbonyl (C=O) groups excluding carboxylic acids is 2. The Morgan fingerprint density at radius 1 is 1.23 bits per heavy atom. The number of pyridine rings is 1. The van der Waals surface area contributed by atoms with Gasteiger partial charge in [-0.25, -0.2) is 14.1 Å². The zero-order valence-electron chi connectivity index (χ0n) is 23.0. The SMILES string of the molecule is CC12Cc3cnn(-c4ccccn4)c3C=C1CCC1[C@@H]2[C@@H](O)CC2(C)[C@H]1CCC2(OC(=O)C1CC1)C(=O)SCF. The van der Waals surface area contributed by atoms with Crippen LogP contribution in [0.2, 0.25) is 0 Å². The number of hydrogen-bond donors (Lipinski definition) is 1. The van der Waals surface area contributed by atoms with Gasteiger partial charge in [-0.05, 0) is 110 Å². The van der Waals surface area contributed by atoms with Crippen LogP contribution in [0.1, 0.15) is 70.1 Å². The molecule has 0 saturated heterocycles. The second-order valence-electron chi connectivity index (χ2n) is 13.0. The Balaban J connectivity index is 1.23. The third-order valence-electron chi connectivity index (χ3n) is 11.1. The Labute approximate surface area is 238 Å². The van der Waals surface area contributed by atoms with E-state index in [1.807, 2.05) is 36.0 Å². The average Bonchev–Trinajstić information content (AvgIpc) is 3.65. The van der Waals surface area contributed by atoms with E-state index in [2.05, 4.69) is 23.1 Å². The number of alkyl halides is 1. The van der Waals surface area contributed by atoms with E-state index in [-0.39, 0.29) is 35.1 Å². The molecule has 4 saturated carbocycles. The second-order valence-corrected chi connectivity index (χ2v) is 13.9. The van der Waals surface area contributed by atoms with Crippen molar-refractivity contribution in [1.82, 2.24) is 14.8 Å². The summed E-state index contributed by atoms with van der Waals surface area (Å²) < 4.78 is 21.5. The van der Waals surface area contributed by atoms with Gasteiger partial charge in [0.05, 0.1) is 23.9 Å². The molecule has 0 bridgehead atoms. The Kier molecular flexibility index (Phi) is 6.10. The fraction of sp³-hybridized carbons (Fsp3) is 0.613. The van der Waals surface area contributed by atoms with Crippen LogP contribution in [-0.4, -0.2) is 48.7 Å². The number of allylic oxidation sites excluding steroid dienone is 1. The second kappa shape index (κ2) is 9.24. The number of halogens is 1. The van der Waals surface area contributed by atoms with Gasteiger partial charge in [0.25, 0.3) is 0 Å². The molecular weight excluding hydrogens is 529 g/mol. The number of hydrogen-bond acceptors (Lipinski definition) is 7. The molecule has 2 aromatic rings. The van der Waals surface area contributed by atoms with Crippen molar-refractivity contribution in [1.29, 1.82) is 0 Å². The van der Waals surface area contributed by atoms with Gasteiger partial charge in [-0.3, -0.25) is 9.59 Å². The minimum atomic E-state index is -1.39. The van der Waals surface area contributed by atoms with Crippen molar-refractivity contribution in [3.05, 3.63) is 47.4 Å². The number of aliphatic hydroxyl groups is 1. The molecule has 0 spiro atoms. The molecule has 2 heterocycles. The van der Waals surface area contributed by atoms with Gasteiger partial charge < -0.3 is 9.84 Å². The molecule has 5 aliphatic carbocycles. The molecule has 4 unspecified atom stereocenters. The number of ether oxygens (including phenoxy) is 1. The normalized spacial score (nSPS) is 38.0. The third-order valence-corrected chi connectivity index (χ3v) is 11.8. The highest BCUT2D eigenvalue weighted by molar-refractivity contribution is 8.13. The molecule has 5 aliphatic rings. The number of esters is 1. The Morgan fingerprint density at radius 3 is 2.77 bits per heavy atom. The molecule has 7 nitrogen and oxygen atoms in total. The highest BCUT2D eigenvalue weighted by Crippen LogP contribution is 2.69. The first-order chi connectivity index (χ1) is 19.2. The lowest BCUT2D eigenvalue weighted by atomic mass is 9.45. The van der Waals surface area contributed by atoms with Gasteiger partial charge in [-0.15, -0.1) is 0 Å². The van der Waals surface area contributed by atoms with Crippen LogP contribution in [0.5, 0.6) is 0 Å². The zero-order chi connectivity index (χ0) is 27.9. The van der Waals surface area contributed by atoms with Crippen LogP contribution >= 0.6 is 11.8 Å². The monoisotopic (exact) mass is 565 g/mol. The van der Waals surface area contributed by atoms with Crippen LogP contribution in [0.15, 0.2) is 36.2 Å². The summed E-state index contributed by atoms with van der Waals surface area (Å²) in [7, 11) is 0. The van der Waals surface area contributed by atoms with E-state index >= 15 is 0 Å². The molecule has 0 aromatic carbocycles. The number of aromatic nitrogens is 3. The molecule has 0 radical (unpaired) electrons. The van der Waals surface area contributed by atoms with Crippen LogP contribution in [0.4, 0.5) is 4.39 Å². The van der Waals surface area contributed by atoms with Gasteiger partial charge in [0.2, 0.25) is 5.12 Å². The zero-order valence-corrected chi connectivity index (χ0v) is 23.8. The molecule has 212 valence electrons. The predicted octanol–water partition coefficient (Wildman–Crippen LogP) is 5.30. The summed E-state index contributed by atoms with van der Waals surface area (Å²) in [6.07, 6.45) is 10.9. The van der Waals surface area contributed by atoms with E-state index in [0.717, 1.165) is 55.6 Å². The maximum atomic E-state index is 13.6. The van der Waals surface area contributed by atoms with Gasteiger partial charge in [-0.2, -0.15) is 5.10 Å². The Morgan fingerprint density at radius 2 is 2.05 bits per heavy atom. The van der Waals surface area contributed by atoms with E-state index in [4.69, 9.17) is 4.74 Å². The molecule has 9 heteroatoms. The molecular formula is C31H36FN3O4S. The topological polar surface area (TPSA) is 94.3 Å². The maximum Gasteiger partial charge on any atom is 0.309 e. The van der Waals surface area contributed by atoms with Crippen LogP contribution in [0.3, 0.4) is 0 Å². The van der Waals surface area contributed by atoms with Gasteiger partial charge in [-0.1, -0.05) is 25.5 Å². The van der Waals surface area contributed by atoms with Crippen molar-refractivity contribution in [2.75, 3.05) is 6.01 Å². The molecule has 7 atom stereocenters. The van der Waals surface area contributed by atoms with Crippen LogP contribution < -0.4 is 0 Å². The van der Waals surface area contributed by atoms with E-state index in [1.165, 1.54) is 5.57 Å². The first kappa shape index (κ1) is 26.4. The van der Waals surface area contributed by atoms with Crippen molar-refractivity contribution in [2.24, 2.45) is 34.5 Å². The average molecular weight is 566 g/mol. The summed E-state index contributed by atoms with van der Waals surface area (Å²) in [6, 6.07) is 4.95. The summed E-state index contributed by atoms with van der Waals surface area (Å²) in [5, 5.41) is 16.2. The van der Waals surface area contributed by atoms with Gasteiger partial charge >= 0.3 is 5.97 Å². The summed E-state index contributed by atoms with van der Waals surface area (Å²) in [6.45, 7) is 4.30. The van der Waals surface area contributed by atoms with Crippen LogP contribution in [-0.2, 0) is 20.7 Å². The molecule has 2 aromatic heterocycles. The summed E-state index contributed by atoms with van der Waals surface area (Å²) in [5.41, 5.74) is 1.16. The van der Waals surface area contributed by atoms with Gasteiger partial charge in [0.1, 0.15) is 6.01 Å². The molecule has 7 rings (SSSR count). The summed E-state index contributed by atoms with van der Waals surface area (Å²) >= 11 is 0.609. The third kappa shape index (κ3) is 3.65. The first-order valence-electron chi connectivity index (χ1n) is 14.6. The minimum absolute atomic E-state index is 0.00999. The number of fused-ring (bicyclic) bond motifs is 6. The number of rotatable bonds is 5. The van der Waals surface area contributed by atoms with Crippen molar-refractivity contribution < 1.29 is 23.8 Å².